The maximum Gasteiger partial charge on any atom is 0.241 e. The van der Waals surface area contributed by atoms with Crippen molar-refractivity contribution in [3.8, 4) is 6.07 Å². The van der Waals surface area contributed by atoms with Crippen LogP contribution in [0.4, 0.5) is 11.4 Å². The number of carbonyl (C=O) groups is 2. The molecule has 2 aromatic rings. The summed E-state index contributed by atoms with van der Waals surface area (Å²) in [6.45, 7) is 1.83. The lowest BCUT2D eigenvalue weighted by Crippen LogP contribution is -2.43. The molecule has 0 saturated carbocycles. The molecule has 2 aromatic carbocycles. The number of rotatable bonds is 7. The van der Waals surface area contributed by atoms with Crippen LogP contribution in [0.25, 0.3) is 0 Å². The highest BCUT2D eigenvalue weighted by Crippen LogP contribution is 2.24. The van der Waals surface area contributed by atoms with E-state index < -0.39 is 6.04 Å². The maximum absolute atomic E-state index is 12.4. The third-order valence-electron chi connectivity index (χ3n) is 4.10. The van der Waals surface area contributed by atoms with Crippen molar-refractivity contribution in [2.75, 3.05) is 30.5 Å². The second-order valence-corrected chi connectivity index (χ2v) is 6.87. The first kappa shape index (κ1) is 20.5. The van der Waals surface area contributed by atoms with Gasteiger partial charge in [-0.15, -0.1) is 11.8 Å². The summed E-state index contributed by atoms with van der Waals surface area (Å²) in [7, 11) is 1.73. The highest BCUT2D eigenvalue weighted by Gasteiger charge is 2.20. The van der Waals surface area contributed by atoms with E-state index in [-0.39, 0.29) is 18.4 Å². The third kappa shape index (κ3) is 5.84. The number of nitrogens with one attached hydrogen (secondary N) is 2. The Bertz CT molecular complexity index is 846. The lowest BCUT2D eigenvalue weighted by Gasteiger charge is -2.23. The van der Waals surface area contributed by atoms with Crippen LogP contribution in [0.5, 0.6) is 0 Å². The minimum Gasteiger partial charge on any atom is -0.325 e. The SMILES string of the molecule is CSc1ccccc1NC(=O)CN(C)[C@@H](C)C(=O)Nc1ccc(C#N)cc1. The van der Waals surface area contributed by atoms with Gasteiger partial charge in [-0.1, -0.05) is 12.1 Å². The van der Waals surface area contributed by atoms with Gasteiger partial charge in [-0.2, -0.15) is 5.26 Å². The Labute approximate surface area is 163 Å². The van der Waals surface area contributed by atoms with Gasteiger partial charge in [-0.05, 0) is 56.6 Å². The first-order valence-electron chi connectivity index (χ1n) is 8.38. The van der Waals surface area contributed by atoms with Crippen LogP contribution in [-0.4, -0.2) is 42.6 Å². The lowest BCUT2D eigenvalue weighted by atomic mass is 10.2. The van der Waals surface area contributed by atoms with Crippen molar-refractivity contribution in [1.82, 2.24) is 4.90 Å². The van der Waals surface area contributed by atoms with Crippen LogP contribution in [0, 0.1) is 11.3 Å². The van der Waals surface area contributed by atoms with Gasteiger partial charge in [0.05, 0.1) is 29.9 Å². The van der Waals surface area contributed by atoms with Gasteiger partial charge in [-0.3, -0.25) is 14.5 Å². The molecular formula is C20H22N4O2S. The molecule has 0 fully saturated rings. The van der Waals surface area contributed by atoms with Crippen LogP contribution in [0.2, 0.25) is 0 Å². The van der Waals surface area contributed by atoms with E-state index in [1.54, 1.807) is 54.9 Å². The van der Waals surface area contributed by atoms with E-state index in [1.807, 2.05) is 36.6 Å². The van der Waals surface area contributed by atoms with Crippen LogP contribution in [-0.2, 0) is 9.59 Å². The number of hydrogen-bond donors (Lipinski definition) is 2. The minimum atomic E-state index is -0.498. The molecule has 0 bridgehead atoms. The summed E-state index contributed by atoms with van der Waals surface area (Å²) in [4.78, 5) is 27.4. The largest absolute Gasteiger partial charge is 0.325 e. The van der Waals surface area contributed by atoms with Gasteiger partial charge >= 0.3 is 0 Å². The first-order chi connectivity index (χ1) is 12.9. The summed E-state index contributed by atoms with van der Waals surface area (Å²) in [5.41, 5.74) is 1.90. The molecule has 0 heterocycles. The number of likely N-dealkylation sites (N-methyl/N-ethyl adjacent to an activating group) is 1. The zero-order valence-electron chi connectivity index (χ0n) is 15.5. The number of nitrogens with zero attached hydrogens (tertiary/aromatic N) is 2. The molecule has 2 N–H and O–H groups in total. The summed E-state index contributed by atoms with van der Waals surface area (Å²) in [6, 6.07) is 15.7. The molecule has 0 aliphatic carbocycles. The van der Waals surface area contributed by atoms with E-state index in [1.165, 1.54) is 0 Å². The molecule has 0 unspecified atom stereocenters. The fraction of sp³-hybridized carbons (Fsp3) is 0.250. The predicted molar refractivity (Wildman–Crippen MR) is 109 cm³/mol. The molecule has 0 aliphatic rings. The topological polar surface area (TPSA) is 85.2 Å². The second-order valence-electron chi connectivity index (χ2n) is 6.02. The van der Waals surface area contributed by atoms with Gasteiger partial charge in [0.15, 0.2) is 0 Å². The zero-order chi connectivity index (χ0) is 19.8. The summed E-state index contributed by atoms with van der Waals surface area (Å²) >= 11 is 1.56. The molecule has 0 aliphatic heterocycles. The highest BCUT2D eigenvalue weighted by molar-refractivity contribution is 7.98. The number of para-hydroxylation sites is 1. The summed E-state index contributed by atoms with van der Waals surface area (Å²) in [5, 5.41) is 14.5. The summed E-state index contributed by atoms with van der Waals surface area (Å²) in [5.74, 6) is -0.406. The van der Waals surface area contributed by atoms with Crippen LogP contribution < -0.4 is 10.6 Å². The van der Waals surface area contributed by atoms with Gasteiger partial charge in [0.1, 0.15) is 0 Å². The lowest BCUT2D eigenvalue weighted by molar-refractivity contribution is -0.122. The summed E-state index contributed by atoms with van der Waals surface area (Å²) in [6.07, 6.45) is 1.95. The van der Waals surface area contributed by atoms with E-state index in [9.17, 15) is 9.59 Å². The van der Waals surface area contributed by atoms with Crippen molar-refractivity contribution < 1.29 is 9.59 Å². The van der Waals surface area contributed by atoms with Crippen LogP contribution in [0.3, 0.4) is 0 Å². The van der Waals surface area contributed by atoms with Crippen LogP contribution in [0.15, 0.2) is 53.4 Å². The number of hydrogen-bond acceptors (Lipinski definition) is 5. The van der Waals surface area contributed by atoms with E-state index in [2.05, 4.69) is 10.6 Å². The van der Waals surface area contributed by atoms with E-state index in [4.69, 9.17) is 5.26 Å². The normalized spacial score (nSPS) is 11.5. The number of thioether (sulfide) groups is 1. The Morgan fingerprint density at radius 1 is 1.15 bits per heavy atom. The minimum absolute atomic E-state index is 0.0880. The van der Waals surface area contributed by atoms with E-state index >= 15 is 0 Å². The second kappa shape index (κ2) is 9.76. The molecule has 7 heteroatoms. The Balaban J connectivity index is 1.91. The van der Waals surface area contributed by atoms with E-state index in [0.717, 1.165) is 10.6 Å². The molecule has 6 nitrogen and oxygen atoms in total. The first-order valence-corrected chi connectivity index (χ1v) is 9.61. The Morgan fingerprint density at radius 3 is 2.44 bits per heavy atom. The number of carbonyl (C=O) groups excluding carboxylic acids is 2. The summed E-state index contributed by atoms with van der Waals surface area (Å²) < 4.78 is 0. The molecule has 2 rings (SSSR count). The van der Waals surface area contributed by atoms with Crippen molar-refractivity contribution in [1.29, 1.82) is 5.26 Å². The molecule has 0 aromatic heterocycles. The fourth-order valence-corrected chi connectivity index (χ4v) is 2.93. The molecule has 0 radical (unpaired) electrons. The molecule has 140 valence electrons. The number of benzene rings is 2. The highest BCUT2D eigenvalue weighted by atomic mass is 32.2. The van der Waals surface area contributed by atoms with Crippen molar-refractivity contribution >= 4 is 35.0 Å². The number of amides is 2. The average Bonchev–Trinajstić information content (AvgIpc) is 2.68. The Morgan fingerprint density at radius 2 is 1.81 bits per heavy atom. The van der Waals surface area contributed by atoms with Gasteiger partial charge in [0.2, 0.25) is 11.8 Å². The van der Waals surface area contributed by atoms with E-state index in [0.29, 0.717) is 11.3 Å². The molecule has 2 amide bonds. The Hall–Kier alpha value is -2.82. The van der Waals surface area contributed by atoms with Gasteiger partial charge in [0.25, 0.3) is 0 Å². The van der Waals surface area contributed by atoms with Gasteiger partial charge in [0, 0.05) is 10.6 Å². The molecule has 0 saturated heterocycles. The molecule has 1 atom stereocenters. The monoisotopic (exact) mass is 382 g/mol. The predicted octanol–water partition coefficient (Wildman–Crippen LogP) is 3.18. The van der Waals surface area contributed by atoms with Crippen LogP contribution >= 0.6 is 11.8 Å². The average molecular weight is 382 g/mol. The van der Waals surface area contributed by atoms with Crippen molar-refractivity contribution in [3.63, 3.8) is 0 Å². The van der Waals surface area contributed by atoms with Crippen molar-refractivity contribution in [2.45, 2.75) is 17.9 Å². The molecule has 0 spiro atoms. The maximum atomic E-state index is 12.4. The van der Waals surface area contributed by atoms with Gasteiger partial charge in [-0.25, -0.2) is 0 Å². The zero-order valence-corrected chi connectivity index (χ0v) is 16.3. The standard InChI is InChI=1S/C20H22N4O2S/c1-14(20(26)22-16-10-8-15(12-21)9-11-16)24(2)13-19(25)23-17-6-4-5-7-18(17)27-3/h4-11,14H,13H2,1-3H3,(H,22,26)(H,23,25)/t14-/m0/s1. The molecule has 27 heavy (non-hydrogen) atoms. The van der Waals surface area contributed by atoms with Crippen molar-refractivity contribution in [3.05, 3.63) is 54.1 Å². The number of nitriles is 1. The smallest absolute Gasteiger partial charge is 0.241 e. The van der Waals surface area contributed by atoms with Gasteiger partial charge < -0.3 is 10.6 Å². The quantitative estimate of drug-likeness (QED) is 0.719. The van der Waals surface area contributed by atoms with Crippen LogP contribution in [0.1, 0.15) is 12.5 Å². The fourth-order valence-electron chi connectivity index (χ4n) is 2.38. The molecular weight excluding hydrogens is 360 g/mol. The van der Waals surface area contributed by atoms with Crippen molar-refractivity contribution in [2.24, 2.45) is 0 Å². The Kier molecular flexibility index (Phi) is 7.41. The number of anilines is 2. The third-order valence-corrected chi connectivity index (χ3v) is 4.89.